The van der Waals surface area contributed by atoms with E-state index < -0.39 is 0 Å². The second kappa shape index (κ2) is 6.29. The molecule has 0 saturated carbocycles. The number of rotatable bonds is 2. The van der Waals surface area contributed by atoms with Crippen molar-refractivity contribution in [2.45, 2.75) is 38.8 Å². The molecule has 1 amide bonds. The van der Waals surface area contributed by atoms with Gasteiger partial charge in [0.05, 0.1) is 11.4 Å². The Hall–Kier alpha value is -1.92. The summed E-state index contributed by atoms with van der Waals surface area (Å²) in [5, 5.41) is 9.33. The average Bonchev–Trinajstić information content (AvgIpc) is 2.89. The highest BCUT2D eigenvalue weighted by molar-refractivity contribution is 6.30. The van der Waals surface area contributed by atoms with E-state index in [0.717, 1.165) is 18.5 Å². The lowest BCUT2D eigenvalue weighted by Gasteiger charge is -2.35. The maximum absolute atomic E-state index is 12.8. The van der Waals surface area contributed by atoms with Gasteiger partial charge in [-0.1, -0.05) is 17.7 Å². The number of hydrogen-bond donors (Lipinski definition) is 1. The summed E-state index contributed by atoms with van der Waals surface area (Å²) in [6.45, 7) is 4.47. The Bertz CT molecular complexity index is 729. The maximum atomic E-state index is 12.8. The quantitative estimate of drug-likeness (QED) is 0.913. The smallest absolute Gasteiger partial charge is 0.276 e. The Morgan fingerprint density at radius 1 is 1.39 bits per heavy atom. The van der Waals surface area contributed by atoms with Crippen LogP contribution in [0.2, 0.25) is 5.02 Å². The average molecular weight is 334 g/mol. The van der Waals surface area contributed by atoms with E-state index in [2.05, 4.69) is 10.2 Å². The highest BCUT2D eigenvalue weighted by Crippen LogP contribution is 2.20. The van der Waals surface area contributed by atoms with E-state index in [4.69, 9.17) is 17.3 Å². The fourth-order valence-corrected chi connectivity index (χ4v) is 3.12. The topological polar surface area (TPSA) is 77.0 Å². The van der Waals surface area contributed by atoms with Gasteiger partial charge in [-0.05, 0) is 44.9 Å². The molecule has 0 radical (unpaired) electrons. The number of aromatic nitrogens is 3. The van der Waals surface area contributed by atoms with Gasteiger partial charge in [0.1, 0.15) is 0 Å². The number of nitrogens with two attached hydrogens (primary N) is 1. The lowest BCUT2D eigenvalue weighted by atomic mass is 9.99. The first kappa shape index (κ1) is 16.0. The lowest BCUT2D eigenvalue weighted by molar-refractivity contribution is 0.0611. The first-order chi connectivity index (χ1) is 11.0. The Morgan fingerprint density at radius 3 is 2.87 bits per heavy atom. The van der Waals surface area contributed by atoms with E-state index in [1.54, 1.807) is 19.1 Å². The largest absolute Gasteiger partial charge is 0.334 e. The minimum Gasteiger partial charge on any atom is -0.334 e. The third-order valence-corrected chi connectivity index (χ3v) is 4.44. The minimum absolute atomic E-state index is 0.0878. The standard InChI is InChI=1S/C16H20ClN5O/c1-10-8-13(18)6-7-21(10)16(23)15-11(2)19-22(20-15)14-5-3-4-12(17)9-14/h3-5,9-10,13H,6-8,18H2,1-2H3/t10-,13-/m1/s1. The van der Waals surface area contributed by atoms with E-state index in [1.165, 1.54) is 4.80 Å². The van der Waals surface area contributed by atoms with Gasteiger partial charge in [0.25, 0.3) is 5.91 Å². The van der Waals surface area contributed by atoms with Gasteiger partial charge < -0.3 is 10.6 Å². The highest BCUT2D eigenvalue weighted by Gasteiger charge is 2.30. The van der Waals surface area contributed by atoms with Crippen molar-refractivity contribution in [3.05, 3.63) is 40.7 Å². The van der Waals surface area contributed by atoms with Gasteiger partial charge in [-0.15, -0.1) is 5.10 Å². The molecule has 23 heavy (non-hydrogen) atoms. The summed E-state index contributed by atoms with van der Waals surface area (Å²) in [5.74, 6) is -0.0878. The van der Waals surface area contributed by atoms with Gasteiger partial charge in [-0.2, -0.15) is 9.90 Å². The molecule has 1 aliphatic heterocycles. The maximum Gasteiger partial charge on any atom is 0.276 e. The summed E-state index contributed by atoms with van der Waals surface area (Å²) in [7, 11) is 0. The first-order valence-corrected chi connectivity index (χ1v) is 8.10. The predicted molar refractivity (Wildman–Crippen MR) is 88.8 cm³/mol. The van der Waals surface area contributed by atoms with Gasteiger partial charge in [0, 0.05) is 23.7 Å². The zero-order valence-electron chi connectivity index (χ0n) is 13.2. The zero-order chi connectivity index (χ0) is 16.6. The summed E-state index contributed by atoms with van der Waals surface area (Å²) >= 11 is 6.00. The number of amides is 1. The molecule has 1 aromatic heterocycles. The molecule has 1 saturated heterocycles. The van der Waals surface area contributed by atoms with Crippen LogP contribution in [0.3, 0.4) is 0 Å². The number of likely N-dealkylation sites (tertiary alicyclic amines) is 1. The Labute approximate surface area is 140 Å². The molecule has 1 aromatic carbocycles. The van der Waals surface area contributed by atoms with Crippen molar-refractivity contribution < 1.29 is 4.79 Å². The van der Waals surface area contributed by atoms with E-state index in [-0.39, 0.29) is 18.0 Å². The molecule has 7 heteroatoms. The number of carbonyl (C=O) groups excluding carboxylic acids is 1. The van der Waals surface area contributed by atoms with Crippen LogP contribution in [-0.2, 0) is 0 Å². The van der Waals surface area contributed by atoms with E-state index in [1.807, 2.05) is 24.0 Å². The van der Waals surface area contributed by atoms with Gasteiger partial charge >= 0.3 is 0 Å². The monoisotopic (exact) mass is 333 g/mol. The van der Waals surface area contributed by atoms with Crippen LogP contribution >= 0.6 is 11.6 Å². The number of piperidine rings is 1. The van der Waals surface area contributed by atoms with E-state index >= 15 is 0 Å². The molecule has 2 atom stereocenters. The lowest BCUT2D eigenvalue weighted by Crippen LogP contribution is -2.48. The molecule has 3 rings (SSSR count). The fourth-order valence-electron chi connectivity index (χ4n) is 2.94. The number of nitrogens with zero attached hydrogens (tertiary/aromatic N) is 4. The second-order valence-electron chi connectivity index (χ2n) is 6.04. The van der Waals surface area contributed by atoms with Crippen LogP contribution in [0.1, 0.15) is 35.9 Å². The van der Waals surface area contributed by atoms with Crippen LogP contribution in [-0.4, -0.2) is 44.4 Å². The molecule has 2 heterocycles. The fraction of sp³-hybridized carbons (Fsp3) is 0.438. The molecule has 2 N–H and O–H groups in total. The van der Waals surface area contributed by atoms with Crippen molar-refractivity contribution in [1.82, 2.24) is 19.9 Å². The van der Waals surface area contributed by atoms with E-state index in [0.29, 0.717) is 23.0 Å². The molecule has 0 bridgehead atoms. The van der Waals surface area contributed by atoms with Gasteiger partial charge in [0.2, 0.25) is 0 Å². The summed E-state index contributed by atoms with van der Waals surface area (Å²) < 4.78 is 0. The molecular weight excluding hydrogens is 314 g/mol. The number of hydrogen-bond acceptors (Lipinski definition) is 4. The molecule has 1 fully saturated rings. The highest BCUT2D eigenvalue weighted by atomic mass is 35.5. The van der Waals surface area contributed by atoms with Crippen LogP contribution in [0.5, 0.6) is 0 Å². The SMILES string of the molecule is Cc1nn(-c2cccc(Cl)c2)nc1C(=O)N1CC[C@@H](N)C[C@H]1C. The van der Waals surface area contributed by atoms with E-state index in [9.17, 15) is 4.79 Å². The summed E-state index contributed by atoms with van der Waals surface area (Å²) in [6, 6.07) is 7.50. The molecule has 2 aromatic rings. The van der Waals surface area contributed by atoms with Crippen molar-refractivity contribution in [1.29, 1.82) is 0 Å². The molecule has 0 spiro atoms. The zero-order valence-corrected chi connectivity index (χ0v) is 14.0. The molecule has 1 aliphatic rings. The normalized spacial score (nSPS) is 21.5. The number of halogens is 1. The molecule has 0 unspecified atom stereocenters. The van der Waals surface area contributed by atoms with Crippen LogP contribution in [0.4, 0.5) is 0 Å². The van der Waals surface area contributed by atoms with Crippen LogP contribution in [0.15, 0.2) is 24.3 Å². The van der Waals surface area contributed by atoms with Crippen molar-refractivity contribution in [2.75, 3.05) is 6.54 Å². The molecular formula is C16H20ClN5O. The van der Waals surface area contributed by atoms with Crippen molar-refractivity contribution in [3.63, 3.8) is 0 Å². The summed E-state index contributed by atoms with van der Waals surface area (Å²) in [4.78, 5) is 16.1. The number of aryl methyl sites for hydroxylation is 1. The first-order valence-electron chi connectivity index (χ1n) is 7.72. The van der Waals surface area contributed by atoms with Crippen LogP contribution in [0.25, 0.3) is 5.69 Å². The van der Waals surface area contributed by atoms with Crippen LogP contribution < -0.4 is 5.73 Å². The Balaban J connectivity index is 1.87. The third-order valence-electron chi connectivity index (χ3n) is 4.20. The summed E-state index contributed by atoms with van der Waals surface area (Å²) in [6.07, 6.45) is 1.63. The predicted octanol–water partition coefficient (Wildman–Crippen LogP) is 2.18. The molecule has 6 nitrogen and oxygen atoms in total. The van der Waals surface area contributed by atoms with Gasteiger partial charge in [-0.3, -0.25) is 4.79 Å². The van der Waals surface area contributed by atoms with Crippen molar-refractivity contribution in [3.8, 4) is 5.69 Å². The number of benzene rings is 1. The van der Waals surface area contributed by atoms with Crippen molar-refractivity contribution >= 4 is 17.5 Å². The minimum atomic E-state index is -0.0878. The van der Waals surface area contributed by atoms with Crippen LogP contribution in [0, 0.1) is 6.92 Å². The molecule has 122 valence electrons. The third kappa shape index (κ3) is 3.23. The molecule has 0 aliphatic carbocycles. The Kier molecular flexibility index (Phi) is 4.37. The van der Waals surface area contributed by atoms with Gasteiger partial charge in [0.15, 0.2) is 5.69 Å². The second-order valence-corrected chi connectivity index (χ2v) is 6.47. The van der Waals surface area contributed by atoms with Crippen molar-refractivity contribution in [2.24, 2.45) is 5.73 Å². The number of carbonyl (C=O) groups is 1. The van der Waals surface area contributed by atoms with Gasteiger partial charge in [-0.25, -0.2) is 0 Å². The summed E-state index contributed by atoms with van der Waals surface area (Å²) in [5.41, 5.74) is 7.69. The Morgan fingerprint density at radius 2 is 2.17 bits per heavy atom.